The van der Waals surface area contributed by atoms with Gasteiger partial charge >= 0.3 is 0 Å². The van der Waals surface area contributed by atoms with Gasteiger partial charge in [0.25, 0.3) is 0 Å². The summed E-state index contributed by atoms with van der Waals surface area (Å²) in [5.74, 6) is 1.74. The van der Waals surface area contributed by atoms with Crippen LogP contribution in [0.4, 0.5) is 0 Å². The molecule has 0 aromatic carbocycles. The number of hydrogen-bond donors (Lipinski definition) is 1. The van der Waals surface area contributed by atoms with Gasteiger partial charge in [-0.25, -0.2) is 4.98 Å². The van der Waals surface area contributed by atoms with E-state index in [1.807, 2.05) is 22.7 Å². The molecule has 2 amide bonds. The molecular formula is C16H24N4O2. The molecule has 2 fully saturated rings. The summed E-state index contributed by atoms with van der Waals surface area (Å²) < 4.78 is 1.98. The number of nitrogens with one attached hydrogen (secondary N) is 1. The number of hydrogen-bond acceptors (Lipinski definition) is 3. The van der Waals surface area contributed by atoms with Gasteiger partial charge in [-0.1, -0.05) is 0 Å². The average molecular weight is 304 g/mol. The van der Waals surface area contributed by atoms with Crippen LogP contribution in [0.25, 0.3) is 0 Å². The van der Waals surface area contributed by atoms with Gasteiger partial charge in [-0.2, -0.15) is 0 Å². The molecule has 22 heavy (non-hydrogen) atoms. The predicted molar refractivity (Wildman–Crippen MR) is 81.9 cm³/mol. The van der Waals surface area contributed by atoms with E-state index in [1.165, 1.54) is 0 Å². The number of imidazole rings is 1. The van der Waals surface area contributed by atoms with Gasteiger partial charge in [0.2, 0.25) is 11.8 Å². The molecule has 1 saturated heterocycles. The lowest BCUT2D eigenvalue weighted by Gasteiger charge is -2.19. The minimum atomic E-state index is 0.0286. The van der Waals surface area contributed by atoms with Crippen LogP contribution < -0.4 is 5.32 Å². The molecule has 1 aromatic rings. The van der Waals surface area contributed by atoms with Crippen molar-refractivity contribution in [1.29, 1.82) is 0 Å². The van der Waals surface area contributed by atoms with Gasteiger partial charge in [-0.05, 0) is 31.6 Å². The fourth-order valence-corrected chi connectivity index (χ4v) is 3.12. The molecule has 1 aliphatic heterocycles. The van der Waals surface area contributed by atoms with E-state index < -0.39 is 0 Å². The third-order valence-electron chi connectivity index (χ3n) is 4.55. The SMILES string of the molecule is Cn1ccnc1[C@@H](NC(=O)CCCN1CCCC1=O)C1CC1. The monoisotopic (exact) mass is 304 g/mol. The van der Waals surface area contributed by atoms with Crippen molar-refractivity contribution in [2.24, 2.45) is 13.0 Å². The van der Waals surface area contributed by atoms with Crippen molar-refractivity contribution in [3.63, 3.8) is 0 Å². The first-order valence-electron chi connectivity index (χ1n) is 8.19. The number of carbonyl (C=O) groups is 2. The first-order valence-corrected chi connectivity index (χ1v) is 8.19. The summed E-state index contributed by atoms with van der Waals surface area (Å²) in [6, 6.07) is 0.0286. The number of aryl methyl sites for hydroxylation is 1. The molecule has 2 heterocycles. The van der Waals surface area contributed by atoms with E-state index in [-0.39, 0.29) is 17.9 Å². The fourth-order valence-electron chi connectivity index (χ4n) is 3.12. The minimum Gasteiger partial charge on any atom is -0.346 e. The van der Waals surface area contributed by atoms with Gasteiger partial charge in [0.1, 0.15) is 5.82 Å². The highest BCUT2D eigenvalue weighted by molar-refractivity contribution is 5.78. The smallest absolute Gasteiger partial charge is 0.222 e. The molecule has 6 nitrogen and oxygen atoms in total. The number of carbonyl (C=O) groups excluding carboxylic acids is 2. The van der Waals surface area contributed by atoms with Crippen LogP contribution in [0, 0.1) is 5.92 Å². The van der Waals surface area contributed by atoms with E-state index in [9.17, 15) is 9.59 Å². The van der Waals surface area contributed by atoms with E-state index in [2.05, 4.69) is 10.3 Å². The summed E-state index contributed by atoms with van der Waals surface area (Å²) in [5.41, 5.74) is 0. The molecule has 0 radical (unpaired) electrons. The van der Waals surface area contributed by atoms with Crippen LogP contribution in [0.5, 0.6) is 0 Å². The van der Waals surface area contributed by atoms with E-state index in [0.717, 1.165) is 38.1 Å². The molecule has 1 saturated carbocycles. The maximum Gasteiger partial charge on any atom is 0.222 e. The first-order chi connectivity index (χ1) is 10.6. The van der Waals surface area contributed by atoms with Crippen molar-refractivity contribution < 1.29 is 9.59 Å². The third-order valence-corrected chi connectivity index (χ3v) is 4.55. The maximum atomic E-state index is 12.2. The molecule has 1 atom stereocenters. The lowest BCUT2D eigenvalue weighted by molar-refractivity contribution is -0.128. The van der Waals surface area contributed by atoms with Gasteiger partial charge in [0.05, 0.1) is 6.04 Å². The van der Waals surface area contributed by atoms with E-state index >= 15 is 0 Å². The summed E-state index contributed by atoms with van der Waals surface area (Å²) in [6.07, 6.45) is 8.81. The molecular weight excluding hydrogens is 280 g/mol. The molecule has 2 aliphatic rings. The second-order valence-corrected chi connectivity index (χ2v) is 6.37. The Morgan fingerprint density at radius 3 is 2.91 bits per heavy atom. The number of aromatic nitrogens is 2. The van der Waals surface area contributed by atoms with Gasteiger partial charge in [0.15, 0.2) is 0 Å². The molecule has 120 valence electrons. The average Bonchev–Trinajstić information content (AvgIpc) is 3.13. The molecule has 6 heteroatoms. The number of nitrogens with zero attached hydrogens (tertiary/aromatic N) is 3. The molecule has 0 bridgehead atoms. The highest BCUT2D eigenvalue weighted by atomic mass is 16.2. The van der Waals surface area contributed by atoms with Crippen molar-refractivity contribution in [3.05, 3.63) is 18.2 Å². The van der Waals surface area contributed by atoms with Crippen molar-refractivity contribution in [1.82, 2.24) is 19.8 Å². The summed E-state index contributed by atoms with van der Waals surface area (Å²) >= 11 is 0. The second kappa shape index (κ2) is 6.50. The van der Waals surface area contributed by atoms with Gasteiger partial charge < -0.3 is 14.8 Å². The zero-order valence-corrected chi connectivity index (χ0v) is 13.1. The zero-order valence-electron chi connectivity index (χ0n) is 13.1. The number of rotatable bonds is 7. The Kier molecular flexibility index (Phi) is 4.45. The van der Waals surface area contributed by atoms with Crippen LogP contribution >= 0.6 is 0 Å². The van der Waals surface area contributed by atoms with Crippen LogP contribution in [0.15, 0.2) is 12.4 Å². The Hall–Kier alpha value is -1.85. The normalized spacial score (nSPS) is 19.5. The molecule has 1 N–H and O–H groups in total. The van der Waals surface area contributed by atoms with Crippen LogP contribution in [0.2, 0.25) is 0 Å². The highest BCUT2D eigenvalue weighted by Crippen LogP contribution is 2.40. The summed E-state index contributed by atoms with van der Waals surface area (Å²) in [4.78, 5) is 30.0. The lowest BCUT2D eigenvalue weighted by atomic mass is 10.1. The molecule has 1 aromatic heterocycles. The zero-order chi connectivity index (χ0) is 15.5. The van der Waals surface area contributed by atoms with E-state index in [1.54, 1.807) is 6.20 Å². The Bertz CT molecular complexity index is 550. The van der Waals surface area contributed by atoms with Crippen molar-refractivity contribution in [2.75, 3.05) is 13.1 Å². The largest absolute Gasteiger partial charge is 0.346 e. The van der Waals surface area contributed by atoms with Crippen molar-refractivity contribution >= 4 is 11.8 Å². The van der Waals surface area contributed by atoms with E-state index in [0.29, 0.717) is 25.3 Å². The summed E-state index contributed by atoms with van der Waals surface area (Å²) in [6.45, 7) is 1.54. The standard InChI is InChI=1S/C16H24N4O2/c1-19-11-8-17-16(19)15(12-6-7-12)18-13(21)4-2-9-20-10-3-5-14(20)22/h8,11-12,15H,2-7,9-10H2,1H3,(H,18,21)/t15-/m0/s1. The van der Waals surface area contributed by atoms with Crippen LogP contribution in [-0.4, -0.2) is 39.4 Å². The van der Waals surface area contributed by atoms with Gasteiger partial charge in [0, 0.05) is 45.4 Å². The Morgan fingerprint density at radius 1 is 1.50 bits per heavy atom. The lowest BCUT2D eigenvalue weighted by Crippen LogP contribution is -2.32. The van der Waals surface area contributed by atoms with Gasteiger partial charge in [-0.3, -0.25) is 9.59 Å². The van der Waals surface area contributed by atoms with Crippen molar-refractivity contribution in [3.8, 4) is 0 Å². The number of likely N-dealkylation sites (tertiary alicyclic amines) is 1. The Labute approximate surface area is 130 Å². The van der Waals surface area contributed by atoms with Gasteiger partial charge in [-0.15, -0.1) is 0 Å². The topological polar surface area (TPSA) is 67.2 Å². The molecule has 3 rings (SSSR count). The second-order valence-electron chi connectivity index (χ2n) is 6.37. The third kappa shape index (κ3) is 3.48. The maximum absolute atomic E-state index is 12.2. The first kappa shape index (κ1) is 15.1. The summed E-state index contributed by atoms with van der Waals surface area (Å²) in [5, 5.41) is 3.13. The Morgan fingerprint density at radius 2 is 2.32 bits per heavy atom. The summed E-state index contributed by atoms with van der Waals surface area (Å²) in [7, 11) is 1.96. The van der Waals surface area contributed by atoms with Crippen LogP contribution in [0.1, 0.15) is 50.4 Å². The quantitative estimate of drug-likeness (QED) is 0.828. The Balaban J connectivity index is 1.47. The molecule has 1 aliphatic carbocycles. The van der Waals surface area contributed by atoms with E-state index in [4.69, 9.17) is 0 Å². The fraction of sp³-hybridized carbons (Fsp3) is 0.688. The minimum absolute atomic E-state index is 0.0286. The highest BCUT2D eigenvalue weighted by Gasteiger charge is 2.35. The van der Waals surface area contributed by atoms with Crippen molar-refractivity contribution in [2.45, 2.75) is 44.6 Å². The predicted octanol–water partition coefficient (Wildman–Crippen LogP) is 1.39. The van der Waals surface area contributed by atoms with Crippen LogP contribution in [-0.2, 0) is 16.6 Å². The van der Waals surface area contributed by atoms with Crippen LogP contribution in [0.3, 0.4) is 0 Å². The molecule has 0 spiro atoms. The molecule has 0 unspecified atom stereocenters. The number of amides is 2.